The molecule has 0 radical (unpaired) electrons. The Bertz CT molecular complexity index is 926. The van der Waals surface area contributed by atoms with Crippen LogP contribution in [0.25, 0.3) is 11.0 Å². The van der Waals surface area contributed by atoms with E-state index in [0.29, 0.717) is 12.1 Å². The number of benzene rings is 2. The molecule has 0 saturated heterocycles. The van der Waals surface area contributed by atoms with Crippen LogP contribution in [0, 0.1) is 13.8 Å². The number of Topliss-reactive ketones (excluding diaryl/α,β-unsaturated/α-hetero) is 1. The molecule has 1 heterocycles. The van der Waals surface area contributed by atoms with E-state index in [1.165, 1.54) is 0 Å². The number of imidazole rings is 1. The van der Waals surface area contributed by atoms with Gasteiger partial charge >= 0.3 is 0 Å². The molecule has 0 aliphatic rings. The fourth-order valence-electron chi connectivity index (χ4n) is 2.98. The van der Waals surface area contributed by atoms with Gasteiger partial charge in [0.1, 0.15) is 5.82 Å². The number of aryl methyl sites for hydroxylation is 3. The van der Waals surface area contributed by atoms with Crippen molar-refractivity contribution in [1.29, 1.82) is 0 Å². The van der Waals surface area contributed by atoms with Crippen molar-refractivity contribution in [2.75, 3.05) is 6.54 Å². The quantitative estimate of drug-likeness (QED) is 0.471. The van der Waals surface area contributed by atoms with Gasteiger partial charge < -0.3 is 10.3 Å². The summed E-state index contributed by atoms with van der Waals surface area (Å²) in [4.78, 5) is 32.0. The fraction of sp³-hybridized carbons (Fsp3) is 0.318. The highest BCUT2D eigenvalue weighted by Crippen LogP contribution is 2.13. The van der Waals surface area contributed by atoms with Gasteiger partial charge in [-0.05, 0) is 49.6 Å². The number of hydrogen-bond acceptors (Lipinski definition) is 3. The Kier molecular flexibility index (Phi) is 6.01. The number of carbonyl (C=O) groups is 2. The summed E-state index contributed by atoms with van der Waals surface area (Å²) in [6, 6.07) is 13.6. The summed E-state index contributed by atoms with van der Waals surface area (Å²) in [7, 11) is 0. The van der Waals surface area contributed by atoms with E-state index >= 15 is 0 Å². The third-order valence-electron chi connectivity index (χ3n) is 4.76. The monoisotopic (exact) mass is 363 g/mol. The predicted molar refractivity (Wildman–Crippen MR) is 107 cm³/mol. The first-order valence-electron chi connectivity index (χ1n) is 9.34. The minimum atomic E-state index is -0.0863. The fourth-order valence-corrected chi connectivity index (χ4v) is 2.98. The highest BCUT2D eigenvalue weighted by molar-refractivity contribution is 5.98. The van der Waals surface area contributed by atoms with E-state index in [-0.39, 0.29) is 24.5 Å². The summed E-state index contributed by atoms with van der Waals surface area (Å²) < 4.78 is 0. The number of nitrogens with zero attached hydrogens (tertiary/aromatic N) is 1. The summed E-state index contributed by atoms with van der Waals surface area (Å²) >= 11 is 0. The molecule has 3 rings (SSSR count). The summed E-state index contributed by atoms with van der Waals surface area (Å²) in [5.74, 6) is 0.850. The van der Waals surface area contributed by atoms with Gasteiger partial charge in [0, 0.05) is 31.4 Å². The molecule has 0 bridgehead atoms. The second kappa shape index (κ2) is 8.62. The summed E-state index contributed by atoms with van der Waals surface area (Å²) in [5, 5.41) is 2.88. The first-order valence-corrected chi connectivity index (χ1v) is 9.34. The maximum Gasteiger partial charge on any atom is 0.220 e. The smallest absolute Gasteiger partial charge is 0.220 e. The zero-order valence-corrected chi connectivity index (χ0v) is 15.8. The van der Waals surface area contributed by atoms with Crippen molar-refractivity contribution >= 4 is 22.7 Å². The Balaban J connectivity index is 1.38. The zero-order chi connectivity index (χ0) is 19.2. The van der Waals surface area contributed by atoms with Crippen LogP contribution in [0.5, 0.6) is 0 Å². The van der Waals surface area contributed by atoms with Gasteiger partial charge in [-0.3, -0.25) is 9.59 Å². The Hall–Kier alpha value is -2.95. The average molecular weight is 363 g/mol. The lowest BCUT2D eigenvalue weighted by Gasteiger charge is -2.06. The van der Waals surface area contributed by atoms with E-state index in [0.717, 1.165) is 40.8 Å². The lowest BCUT2D eigenvalue weighted by atomic mass is 10.0. The Morgan fingerprint density at radius 3 is 2.63 bits per heavy atom. The van der Waals surface area contributed by atoms with Crippen LogP contribution in [0.1, 0.15) is 46.6 Å². The third kappa shape index (κ3) is 5.03. The number of carbonyl (C=O) groups excluding carboxylic acids is 2. The highest BCUT2D eigenvalue weighted by atomic mass is 16.2. The molecule has 1 amide bonds. The number of para-hydroxylation sites is 2. The number of nitrogens with one attached hydrogen (secondary N) is 2. The van der Waals surface area contributed by atoms with Gasteiger partial charge in [-0.2, -0.15) is 0 Å². The zero-order valence-electron chi connectivity index (χ0n) is 15.8. The van der Waals surface area contributed by atoms with Gasteiger partial charge in [-0.25, -0.2) is 4.98 Å². The summed E-state index contributed by atoms with van der Waals surface area (Å²) in [5.41, 5.74) is 4.92. The Morgan fingerprint density at radius 1 is 1.04 bits per heavy atom. The molecule has 3 aromatic rings. The standard InChI is InChI=1S/C22H25N3O2/c1-15-9-10-17(14-16(15)2)20(26)11-12-22(27)23-13-5-8-21-24-18-6-3-4-7-19(18)25-21/h3-4,6-7,9-10,14H,5,8,11-13H2,1-2H3,(H,23,27)(H,24,25). The van der Waals surface area contributed by atoms with Crippen molar-refractivity contribution in [3.8, 4) is 0 Å². The molecule has 0 fully saturated rings. The molecule has 140 valence electrons. The molecule has 0 aliphatic heterocycles. The van der Waals surface area contributed by atoms with Gasteiger partial charge in [0.05, 0.1) is 11.0 Å². The van der Waals surface area contributed by atoms with Crippen LogP contribution in [0.3, 0.4) is 0 Å². The van der Waals surface area contributed by atoms with E-state index in [2.05, 4.69) is 15.3 Å². The number of amides is 1. The van der Waals surface area contributed by atoms with Crippen LogP contribution < -0.4 is 5.32 Å². The molecular weight excluding hydrogens is 338 g/mol. The average Bonchev–Trinajstić information content (AvgIpc) is 3.08. The van der Waals surface area contributed by atoms with Crippen molar-refractivity contribution in [2.24, 2.45) is 0 Å². The third-order valence-corrected chi connectivity index (χ3v) is 4.76. The molecule has 2 aromatic carbocycles. The summed E-state index contributed by atoms with van der Waals surface area (Å²) in [6.07, 6.45) is 2.03. The van der Waals surface area contributed by atoms with Crippen molar-refractivity contribution in [3.63, 3.8) is 0 Å². The van der Waals surface area contributed by atoms with Crippen LogP contribution in [0.2, 0.25) is 0 Å². The number of aromatic amines is 1. The number of ketones is 1. The SMILES string of the molecule is Cc1ccc(C(=O)CCC(=O)NCCCc2nc3ccccc3[nH]2)cc1C. The minimum absolute atomic E-state index is 0.00975. The van der Waals surface area contributed by atoms with E-state index in [9.17, 15) is 9.59 Å². The van der Waals surface area contributed by atoms with Crippen molar-refractivity contribution in [2.45, 2.75) is 39.5 Å². The van der Waals surface area contributed by atoms with Gasteiger partial charge in [0.25, 0.3) is 0 Å². The second-order valence-electron chi connectivity index (χ2n) is 6.88. The molecule has 1 aromatic heterocycles. The molecule has 0 spiro atoms. The molecule has 2 N–H and O–H groups in total. The largest absolute Gasteiger partial charge is 0.356 e. The first kappa shape index (κ1) is 18.8. The summed E-state index contributed by atoms with van der Waals surface area (Å²) in [6.45, 7) is 4.58. The topological polar surface area (TPSA) is 74.8 Å². The molecule has 0 atom stereocenters. The van der Waals surface area contributed by atoms with E-state index < -0.39 is 0 Å². The number of aromatic nitrogens is 2. The van der Waals surface area contributed by atoms with Crippen LogP contribution in [0.15, 0.2) is 42.5 Å². The van der Waals surface area contributed by atoms with Crippen LogP contribution in [-0.4, -0.2) is 28.2 Å². The number of rotatable bonds is 8. The highest BCUT2D eigenvalue weighted by Gasteiger charge is 2.10. The predicted octanol–water partition coefficient (Wildman–Crippen LogP) is 3.89. The van der Waals surface area contributed by atoms with Crippen LogP contribution >= 0.6 is 0 Å². The lowest BCUT2D eigenvalue weighted by molar-refractivity contribution is -0.121. The molecule has 0 unspecified atom stereocenters. The Morgan fingerprint density at radius 2 is 1.85 bits per heavy atom. The lowest BCUT2D eigenvalue weighted by Crippen LogP contribution is -2.25. The molecule has 5 nitrogen and oxygen atoms in total. The van der Waals surface area contributed by atoms with Crippen molar-refractivity contribution in [3.05, 3.63) is 65.0 Å². The van der Waals surface area contributed by atoms with Crippen LogP contribution in [0.4, 0.5) is 0 Å². The molecule has 0 aliphatic carbocycles. The first-order chi connectivity index (χ1) is 13.0. The normalized spacial score (nSPS) is 10.9. The minimum Gasteiger partial charge on any atom is -0.356 e. The second-order valence-corrected chi connectivity index (χ2v) is 6.88. The Labute approximate surface area is 159 Å². The van der Waals surface area contributed by atoms with Crippen molar-refractivity contribution < 1.29 is 9.59 Å². The molecule has 5 heteroatoms. The molecular formula is C22H25N3O2. The maximum absolute atomic E-state index is 12.2. The van der Waals surface area contributed by atoms with Crippen molar-refractivity contribution in [1.82, 2.24) is 15.3 Å². The van der Waals surface area contributed by atoms with Gasteiger partial charge in [0.2, 0.25) is 5.91 Å². The van der Waals surface area contributed by atoms with E-state index in [1.54, 1.807) is 0 Å². The van der Waals surface area contributed by atoms with Gasteiger partial charge in [0.15, 0.2) is 5.78 Å². The van der Waals surface area contributed by atoms with E-state index in [4.69, 9.17) is 0 Å². The van der Waals surface area contributed by atoms with Gasteiger partial charge in [-0.15, -0.1) is 0 Å². The van der Waals surface area contributed by atoms with Crippen LogP contribution in [-0.2, 0) is 11.2 Å². The number of hydrogen-bond donors (Lipinski definition) is 2. The van der Waals surface area contributed by atoms with Gasteiger partial charge in [-0.1, -0.05) is 24.3 Å². The molecule has 27 heavy (non-hydrogen) atoms. The number of H-pyrrole nitrogens is 1. The maximum atomic E-state index is 12.2. The van der Waals surface area contributed by atoms with E-state index in [1.807, 2.05) is 56.3 Å². The number of fused-ring (bicyclic) bond motifs is 1. The molecule has 0 saturated carbocycles.